The van der Waals surface area contributed by atoms with Crippen LogP contribution >= 0.6 is 11.8 Å². The van der Waals surface area contributed by atoms with Gasteiger partial charge in [-0.25, -0.2) is 9.98 Å². The van der Waals surface area contributed by atoms with E-state index in [-0.39, 0.29) is 5.84 Å². The lowest BCUT2D eigenvalue weighted by Gasteiger charge is -2.13. The first-order valence-corrected chi connectivity index (χ1v) is 9.67. The second kappa shape index (κ2) is 8.70. The summed E-state index contributed by atoms with van der Waals surface area (Å²) in [6.07, 6.45) is 2.04. The van der Waals surface area contributed by atoms with E-state index < -0.39 is 0 Å². The van der Waals surface area contributed by atoms with Crippen molar-refractivity contribution < 1.29 is 9.94 Å². The van der Waals surface area contributed by atoms with Gasteiger partial charge in [0, 0.05) is 10.6 Å². The lowest BCUT2D eigenvalue weighted by molar-refractivity contribution is 0.234. The molecule has 0 amide bonds. The van der Waals surface area contributed by atoms with Crippen molar-refractivity contribution in [2.75, 3.05) is 6.26 Å². The van der Waals surface area contributed by atoms with Gasteiger partial charge in [-0.15, -0.1) is 11.8 Å². The minimum Gasteiger partial charge on any atom is -0.438 e. The van der Waals surface area contributed by atoms with E-state index in [0.29, 0.717) is 22.9 Å². The van der Waals surface area contributed by atoms with Gasteiger partial charge in [-0.1, -0.05) is 18.2 Å². The Kier molecular flexibility index (Phi) is 6.11. The van der Waals surface area contributed by atoms with Crippen LogP contribution in [0.25, 0.3) is 0 Å². The summed E-state index contributed by atoms with van der Waals surface area (Å²) in [4.78, 5) is 10.1. The molecule has 3 rings (SSSR count). The topological polar surface area (TPSA) is 66.7 Å². The van der Waals surface area contributed by atoms with Crippen molar-refractivity contribution >= 4 is 23.3 Å². The van der Waals surface area contributed by atoms with Crippen LogP contribution in [-0.2, 0) is 0 Å². The van der Waals surface area contributed by atoms with Crippen molar-refractivity contribution in [3.05, 3.63) is 77.5 Å². The van der Waals surface area contributed by atoms with Gasteiger partial charge in [-0.2, -0.15) is 0 Å². The number of nitrogens with one attached hydrogen (secondary N) is 1. The SMILES string of the molecule is CSc1ccc(Oc2nc(C)ccc2C(=Nc2ccccc2)NO)cc1C. The molecule has 1 heterocycles. The molecule has 2 aromatic carbocycles. The Morgan fingerprint density at radius 2 is 1.85 bits per heavy atom. The maximum Gasteiger partial charge on any atom is 0.230 e. The summed E-state index contributed by atoms with van der Waals surface area (Å²) < 4.78 is 6.04. The standard InChI is InChI=1S/C21H21N3O2S/c1-14-13-17(10-12-19(14)27-3)26-21-18(11-9-15(2)22-21)20(24-25)23-16-7-5-4-6-8-16/h4-13,25H,1-3H3,(H,23,24). The van der Waals surface area contributed by atoms with Gasteiger partial charge in [0.25, 0.3) is 0 Å². The first kappa shape index (κ1) is 18.9. The molecule has 0 saturated heterocycles. The average molecular weight is 379 g/mol. The Labute approximate surface area is 163 Å². The quantitative estimate of drug-likeness (QED) is 0.274. The fraction of sp³-hybridized carbons (Fsp3) is 0.143. The highest BCUT2D eigenvalue weighted by Crippen LogP contribution is 2.29. The second-order valence-corrected chi connectivity index (χ2v) is 6.79. The van der Waals surface area contributed by atoms with Crippen molar-refractivity contribution in [3.8, 4) is 11.6 Å². The van der Waals surface area contributed by atoms with Gasteiger partial charge in [0.15, 0.2) is 5.84 Å². The van der Waals surface area contributed by atoms with Crippen molar-refractivity contribution in [2.45, 2.75) is 18.7 Å². The lowest BCUT2D eigenvalue weighted by Crippen LogP contribution is -2.21. The Balaban J connectivity index is 2.00. The van der Waals surface area contributed by atoms with E-state index in [1.165, 1.54) is 4.90 Å². The zero-order chi connectivity index (χ0) is 19.2. The number of aryl methyl sites for hydroxylation is 2. The van der Waals surface area contributed by atoms with Crippen molar-refractivity contribution in [3.63, 3.8) is 0 Å². The van der Waals surface area contributed by atoms with Crippen LogP contribution in [0.3, 0.4) is 0 Å². The number of para-hydroxylation sites is 1. The van der Waals surface area contributed by atoms with Crippen LogP contribution < -0.4 is 10.2 Å². The van der Waals surface area contributed by atoms with E-state index in [0.717, 1.165) is 11.3 Å². The summed E-state index contributed by atoms with van der Waals surface area (Å²) in [5.41, 5.74) is 5.39. The first-order valence-electron chi connectivity index (χ1n) is 8.45. The fourth-order valence-corrected chi connectivity index (χ4v) is 3.18. The number of thioether (sulfide) groups is 1. The van der Waals surface area contributed by atoms with Crippen LogP contribution in [0, 0.1) is 13.8 Å². The molecule has 138 valence electrons. The minimum absolute atomic E-state index is 0.265. The number of amidine groups is 1. The smallest absolute Gasteiger partial charge is 0.230 e. The van der Waals surface area contributed by atoms with Crippen LogP contribution in [0.4, 0.5) is 5.69 Å². The van der Waals surface area contributed by atoms with Crippen LogP contribution in [0.1, 0.15) is 16.8 Å². The molecule has 0 spiro atoms. The van der Waals surface area contributed by atoms with Crippen LogP contribution in [0.5, 0.6) is 11.6 Å². The van der Waals surface area contributed by atoms with Crippen molar-refractivity contribution in [2.24, 2.45) is 4.99 Å². The molecule has 0 fully saturated rings. The maximum absolute atomic E-state index is 9.65. The molecule has 0 bridgehead atoms. The maximum atomic E-state index is 9.65. The molecule has 3 aromatic rings. The van der Waals surface area contributed by atoms with Gasteiger partial charge >= 0.3 is 0 Å². The molecule has 2 N–H and O–H groups in total. The second-order valence-electron chi connectivity index (χ2n) is 5.95. The number of aromatic nitrogens is 1. The Morgan fingerprint density at radius 1 is 1.07 bits per heavy atom. The average Bonchev–Trinajstić information content (AvgIpc) is 2.68. The van der Waals surface area contributed by atoms with Crippen molar-refractivity contribution in [1.29, 1.82) is 0 Å². The number of aliphatic imine (C=N–C) groups is 1. The number of hydroxylamine groups is 1. The summed E-state index contributed by atoms with van der Waals surface area (Å²) in [6.45, 7) is 3.93. The summed E-state index contributed by atoms with van der Waals surface area (Å²) >= 11 is 1.69. The third-order valence-corrected chi connectivity index (χ3v) is 4.84. The summed E-state index contributed by atoms with van der Waals surface area (Å²) in [5, 5.41) is 9.65. The molecular weight excluding hydrogens is 358 g/mol. The van der Waals surface area contributed by atoms with Crippen LogP contribution in [-0.4, -0.2) is 22.3 Å². The molecule has 27 heavy (non-hydrogen) atoms. The number of nitrogens with zero attached hydrogens (tertiary/aromatic N) is 2. The third-order valence-electron chi connectivity index (χ3n) is 3.94. The highest BCUT2D eigenvalue weighted by atomic mass is 32.2. The van der Waals surface area contributed by atoms with Crippen molar-refractivity contribution in [1.82, 2.24) is 10.5 Å². The molecule has 1 aromatic heterocycles. The molecule has 0 radical (unpaired) electrons. The molecule has 0 saturated carbocycles. The molecule has 0 aliphatic heterocycles. The highest BCUT2D eigenvalue weighted by Gasteiger charge is 2.14. The summed E-state index contributed by atoms with van der Waals surface area (Å²) in [7, 11) is 0. The van der Waals surface area contributed by atoms with E-state index in [2.05, 4.69) is 15.5 Å². The Hall–Kier alpha value is -2.83. The molecule has 5 nitrogen and oxygen atoms in total. The van der Waals surface area contributed by atoms with E-state index >= 15 is 0 Å². The predicted octanol–water partition coefficient (Wildman–Crippen LogP) is 5.27. The molecule has 0 atom stereocenters. The number of ether oxygens (including phenoxy) is 1. The molecule has 6 heteroatoms. The minimum atomic E-state index is 0.265. The van der Waals surface area contributed by atoms with E-state index in [1.54, 1.807) is 11.8 Å². The molecule has 0 aliphatic carbocycles. The highest BCUT2D eigenvalue weighted by molar-refractivity contribution is 7.98. The zero-order valence-corrected chi connectivity index (χ0v) is 16.2. The third kappa shape index (κ3) is 4.67. The number of hydrogen-bond acceptors (Lipinski definition) is 5. The normalized spacial score (nSPS) is 11.3. The zero-order valence-electron chi connectivity index (χ0n) is 15.4. The largest absolute Gasteiger partial charge is 0.438 e. The number of hydrogen-bond donors (Lipinski definition) is 2. The van der Waals surface area contributed by atoms with E-state index in [1.807, 2.05) is 80.8 Å². The van der Waals surface area contributed by atoms with E-state index in [4.69, 9.17) is 4.74 Å². The predicted molar refractivity (Wildman–Crippen MR) is 110 cm³/mol. The molecular formula is C21H21N3O2S. The van der Waals surface area contributed by atoms with Gasteiger partial charge < -0.3 is 4.74 Å². The van der Waals surface area contributed by atoms with Gasteiger partial charge in [0.1, 0.15) is 5.75 Å². The first-order chi connectivity index (χ1) is 13.1. The molecule has 0 aliphatic rings. The number of pyridine rings is 1. The number of rotatable bonds is 5. The van der Waals surface area contributed by atoms with Crippen LogP contribution in [0.15, 0.2) is 70.6 Å². The Bertz CT molecular complexity index is 959. The van der Waals surface area contributed by atoms with Gasteiger partial charge in [-0.3, -0.25) is 10.7 Å². The summed E-state index contributed by atoms with van der Waals surface area (Å²) in [5.74, 6) is 1.32. The summed E-state index contributed by atoms with van der Waals surface area (Å²) in [6, 6.07) is 19.0. The van der Waals surface area contributed by atoms with Gasteiger partial charge in [-0.05, 0) is 68.1 Å². The Morgan fingerprint density at radius 3 is 2.52 bits per heavy atom. The lowest BCUT2D eigenvalue weighted by atomic mass is 10.2. The van der Waals surface area contributed by atoms with Crippen LogP contribution in [0.2, 0.25) is 0 Å². The van der Waals surface area contributed by atoms with Gasteiger partial charge in [0.05, 0.1) is 11.3 Å². The fourth-order valence-electron chi connectivity index (χ4n) is 2.59. The van der Waals surface area contributed by atoms with E-state index in [9.17, 15) is 5.21 Å². The molecule has 0 unspecified atom stereocenters. The number of benzene rings is 2. The monoisotopic (exact) mass is 379 g/mol. The van der Waals surface area contributed by atoms with Gasteiger partial charge in [0.2, 0.25) is 5.88 Å².